The number of hydrogen-bond acceptors (Lipinski definition) is 2. The molecular formula is C16H16N2O. The molecule has 1 aromatic carbocycles. The van der Waals surface area contributed by atoms with Crippen LogP contribution in [0.15, 0.2) is 35.1 Å². The summed E-state index contributed by atoms with van der Waals surface area (Å²) in [5.74, 6) is 1.65. The summed E-state index contributed by atoms with van der Waals surface area (Å²) in [6.07, 6.45) is 4.49. The number of aromatic amines is 1. The van der Waals surface area contributed by atoms with Crippen LogP contribution in [0.2, 0.25) is 0 Å². The number of hydrogen-bond donors (Lipinski definition) is 1. The average molecular weight is 252 g/mol. The Hall–Kier alpha value is -1.90. The Kier molecular flexibility index (Phi) is 2.34. The van der Waals surface area contributed by atoms with Crippen LogP contribution in [0.5, 0.6) is 0 Å². The molecule has 2 aliphatic rings. The van der Waals surface area contributed by atoms with Gasteiger partial charge in [-0.1, -0.05) is 24.3 Å². The lowest BCUT2D eigenvalue weighted by molar-refractivity contribution is 0.712. The van der Waals surface area contributed by atoms with Gasteiger partial charge in [0, 0.05) is 17.9 Å². The van der Waals surface area contributed by atoms with Crippen molar-refractivity contribution in [2.24, 2.45) is 0 Å². The van der Waals surface area contributed by atoms with Crippen molar-refractivity contribution in [2.45, 2.75) is 37.5 Å². The number of fused-ring (bicyclic) bond motifs is 1. The molecule has 3 heteroatoms. The quantitative estimate of drug-likeness (QED) is 0.893. The molecule has 2 aliphatic carbocycles. The van der Waals surface area contributed by atoms with Gasteiger partial charge in [0.1, 0.15) is 5.82 Å². The highest BCUT2D eigenvalue weighted by Crippen LogP contribution is 2.40. The fourth-order valence-electron chi connectivity index (χ4n) is 3.09. The topological polar surface area (TPSA) is 45.8 Å². The van der Waals surface area contributed by atoms with Crippen LogP contribution < -0.4 is 5.56 Å². The van der Waals surface area contributed by atoms with Crippen molar-refractivity contribution in [3.63, 3.8) is 0 Å². The number of nitrogens with one attached hydrogen (secondary N) is 1. The molecule has 1 unspecified atom stereocenters. The van der Waals surface area contributed by atoms with E-state index in [9.17, 15) is 4.79 Å². The molecule has 96 valence electrons. The predicted molar refractivity (Wildman–Crippen MR) is 73.4 cm³/mol. The van der Waals surface area contributed by atoms with Crippen LogP contribution in [0.4, 0.5) is 0 Å². The Morgan fingerprint density at radius 3 is 2.84 bits per heavy atom. The van der Waals surface area contributed by atoms with Gasteiger partial charge in [0.2, 0.25) is 0 Å². The molecular weight excluding hydrogens is 236 g/mol. The molecule has 1 fully saturated rings. The molecule has 0 bridgehead atoms. The minimum absolute atomic E-state index is 0.00344. The second-order valence-electron chi connectivity index (χ2n) is 5.62. The maximum Gasteiger partial charge on any atom is 0.251 e. The summed E-state index contributed by atoms with van der Waals surface area (Å²) in [5, 5.41) is 0. The second kappa shape index (κ2) is 4.05. The summed E-state index contributed by atoms with van der Waals surface area (Å²) in [7, 11) is 0. The molecule has 3 nitrogen and oxygen atoms in total. The highest BCUT2D eigenvalue weighted by atomic mass is 16.1. The van der Waals surface area contributed by atoms with Gasteiger partial charge < -0.3 is 4.98 Å². The lowest BCUT2D eigenvalue weighted by atomic mass is 10.0. The molecule has 1 heterocycles. The Morgan fingerprint density at radius 1 is 1.16 bits per heavy atom. The van der Waals surface area contributed by atoms with E-state index in [2.05, 4.69) is 29.2 Å². The van der Waals surface area contributed by atoms with Crippen LogP contribution in [0, 0.1) is 0 Å². The van der Waals surface area contributed by atoms with Crippen molar-refractivity contribution in [1.82, 2.24) is 9.97 Å². The largest absolute Gasteiger partial charge is 0.310 e. The molecule has 1 N–H and O–H groups in total. The van der Waals surface area contributed by atoms with Gasteiger partial charge in [-0.15, -0.1) is 0 Å². The van der Waals surface area contributed by atoms with E-state index in [-0.39, 0.29) is 11.5 Å². The van der Waals surface area contributed by atoms with Crippen LogP contribution in [0.3, 0.4) is 0 Å². The van der Waals surface area contributed by atoms with Gasteiger partial charge in [-0.2, -0.15) is 0 Å². The third-order valence-corrected chi connectivity index (χ3v) is 4.24. The average Bonchev–Trinajstić information content (AvgIpc) is 3.18. The van der Waals surface area contributed by atoms with Gasteiger partial charge in [0.15, 0.2) is 0 Å². The summed E-state index contributed by atoms with van der Waals surface area (Å²) in [5.41, 5.74) is 3.71. The standard InChI is InChI=1S/C16H16N2O/c19-15-9-14(11-5-6-11)17-16(18-15)13-8-7-10-3-1-2-4-12(10)13/h1-4,9,11,13H,5-8H2,(H,17,18,19). The van der Waals surface area contributed by atoms with Gasteiger partial charge in [-0.3, -0.25) is 4.79 Å². The number of aryl methyl sites for hydroxylation is 1. The summed E-state index contributed by atoms with van der Waals surface area (Å²) < 4.78 is 0. The van der Waals surface area contributed by atoms with Crippen LogP contribution >= 0.6 is 0 Å². The van der Waals surface area contributed by atoms with Gasteiger partial charge >= 0.3 is 0 Å². The Balaban J connectivity index is 1.79. The van der Waals surface area contributed by atoms with Gasteiger partial charge in [-0.05, 0) is 36.8 Å². The fourth-order valence-corrected chi connectivity index (χ4v) is 3.09. The molecule has 1 aromatic heterocycles. The van der Waals surface area contributed by atoms with Crippen molar-refractivity contribution < 1.29 is 0 Å². The molecule has 1 atom stereocenters. The molecule has 0 aliphatic heterocycles. The minimum Gasteiger partial charge on any atom is -0.310 e. The van der Waals surface area contributed by atoms with Crippen LogP contribution in [0.25, 0.3) is 0 Å². The van der Waals surface area contributed by atoms with Crippen LogP contribution in [-0.2, 0) is 6.42 Å². The minimum atomic E-state index is -0.00344. The molecule has 0 saturated heterocycles. The highest BCUT2D eigenvalue weighted by molar-refractivity contribution is 5.38. The zero-order chi connectivity index (χ0) is 12.8. The van der Waals surface area contributed by atoms with E-state index in [1.54, 1.807) is 6.07 Å². The Morgan fingerprint density at radius 2 is 2.00 bits per heavy atom. The monoisotopic (exact) mass is 252 g/mol. The van der Waals surface area contributed by atoms with Crippen molar-refractivity contribution in [2.75, 3.05) is 0 Å². The number of aromatic nitrogens is 2. The van der Waals surface area contributed by atoms with Gasteiger partial charge in [-0.25, -0.2) is 4.98 Å². The van der Waals surface area contributed by atoms with E-state index >= 15 is 0 Å². The summed E-state index contributed by atoms with van der Waals surface area (Å²) >= 11 is 0. The normalized spacial score (nSPS) is 21.4. The SMILES string of the molecule is O=c1cc(C2CC2)nc(C2CCc3ccccc32)[nH]1. The van der Waals surface area contributed by atoms with Crippen molar-refractivity contribution >= 4 is 0 Å². The molecule has 19 heavy (non-hydrogen) atoms. The number of benzene rings is 1. The first-order valence-corrected chi connectivity index (χ1v) is 7.00. The van der Waals surface area contributed by atoms with E-state index in [0.29, 0.717) is 5.92 Å². The van der Waals surface area contributed by atoms with Gasteiger partial charge in [0.05, 0.1) is 5.69 Å². The van der Waals surface area contributed by atoms with Crippen molar-refractivity contribution in [3.05, 3.63) is 63.3 Å². The summed E-state index contributed by atoms with van der Waals surface area (Å²) in [6, 6.07) is 10.2. The first kappa shape index (κ1) is 11.0. The summed E-state index contributed by atoms with van der Waals surface area (Å²) in [6.45, 7) is 0. The molecule has 1 saturated carbocycles. The predicted octanol–water partition coefficient (Wildman–Crippen LogP) is 2.73. The second-order valence-corrected chi connectivity index (χ2v) is 5.62. The lowest BCUT2D eigenvalue weighted by Crippen LogP contribution is -2.15. The number of rotatable bonds is 2. The van der Waals surface area contributed by atoms with E-state index < -0.39 is 0 Å². The third-order valence-electron chi connectivity index (χ3n) is 4.24. The lowest BCUT2D eigenvalue weighted by Gasteiger charge is -2.11. The Bertz CT molecular complexity index is 685. The zero-order valence-electron chi connectivity index (χ0n) is 10.7. The highest BCUT2D eigenvalue weighted by Gasteiger charge is 2.29. The third kappa shape index (κ3) is 1.89. The number of nitrogens with zero attached hydrogens (tertiary/aromatic N) is 1. The fraction of sp³-hybridized carbons (Fsp3) is 0.375. The summed E-state index contributed by atoms with van der Waals surface area (Å²) in [4.78, 5) is 19.5. The van der Waals surface area contributed by atoms with Gasteiger partial charge in [0.25, 0.3) is 5.56 Å². The van der Waals surface area contributed by atoms with E-state index in [4.69, 9.17) is 4.98 Å². The smallest absolute Gasteiger partial charge is 0.251 e. The first-order chi connectivity index (χ1) is 9.31. The maximum atomic E-state index is 11.8. The van der Waals surface area contributed by atoms with E-state index in [1.165, 1.54) is 24.0 Å². The molecule has 0 radical (unpaired) electrons. The van der Waals surface area contributed by atoms with E-state index in [0.717, 1.165) is 24.4 Å². The van der Waals surface area contributed by atoms with Crippen LogP contribution in [-0.4, -0.2) is 9.97 Å². The molecule has 4 rings (SSSR count). The first-order valence-electron chi connectivity index (χ1n) is 7.00. The van der Waals surface area contributed by atoms with Crippen molar-refractivity contribution in [3.8, 4) is 0 Å². The molecule has 0 amide bonds. The Labute approximate surface area is 111 Å². The molecule has 2 aromatic rings. The van der Waals surface area contributed by atoms with Crippen molar-refractivity contribution in [1.29, 1.82) is 0 Å². The van der Waals surface area contributed by atoms with Crippen LogP contribution in [0.1, 0.15) is 53.7 Å². The molecule has 0 spiro atoms. The number of H-pyrrole nitrogens is 1. The zero-order valence-corrected chi connectivity index (χ0v) is 10.7. The van der Waals surface area contributed by atoms with E-state index in [1.807, 2.05) is 0 Å². The maximum absolute atomic E-state index is 11.8.